The second-order valence-electron chi connectivity index (χ2n) is 4.60. The van der Waals surface area contributed by atoms with Gasteiger partial charge >= 0.3 is 0 Å². The number of nitrogens with one attached hydrogen (secondary N) is 2. The van der Waals surface area contributed by atoms with Crippen LogP contribution in [0.2, 0.25) is 0 Å². The van der Waals surface area contributed by atoms with Crippen molar-refractivity contribution in [2.75, 3.05) is 19.7 Å². The highest BCUT2D eigenvalue weighted by molar-refractivity contribution is 5.85. The van der Waals surface area contributed by atoms with Crippen LogP contribution in [0.4, 0.5) is 4.39 Å². The monoisotopic (exact) mass is 302 g/mol. The van der Waals surface area contributed by atoms with Gasteiger partial charge in [0.25, 0.3) is 0 Å². The van der Waals surface area contributed by atoms with Gasteiger partial charge in [0.1, 0.15) is 11.6 Å². The van der Waals surface area contributed by atoms with E-state index in [2.05, 4.69) is 10.6 Å². The number of amides is 1. The van der Waals surface area contributed by atoms with Gasteiger partial charge in [-0.2, -0.15) is 0 Å². The Morgan fingerprint density at radius 3 is 2.80 bits per heavy atom. The summed E-state index contributed by atoms with van der Waals surface area (Å²) in [5.74, 6) is 0.438. The molecule has 1 saturated heterocycles. The Hall–Kier alpha value is -1.33. The molecule has 112 valence electrons. The summed E-state index contributed by atoms with van der Waals surface area (Å²) in [4.78, 5) is 11.7. The lowest BCUT2D eigenvalue weighted by molar-refractivity contribution is -0.122. The first-order chi connectivity index (χ1) is 9.25. The third kappa shape index (κ3) is 5.35. The Morgan fingerprint density at radius 1 is 1.40 bits per heavy atom. The molecule has 2 N–H and O–H groups in total. The molecule has 0 saturated carbocycles. The topological polar surface area (TPSA) is 50.4 Å². The van der Waals surface area contributed by atoms with Gasteiger partial charge in [0.05, 0.1) is 12.6 Å². The third-order valence-corrected chi connectivity index (χ3v) is 3.08. The minimum absolute atomic E-state index is 0. The van der Waals surface area contributed by atoms with Crippen LogP contribution >= 0.6 is 12.4 Å². The van der Waals surface area contributed by atoms with E-state index >= 15 is 0 Å². The van der Waals surface area contributed by atoms with E-state index in [1.54, 1.807) is 12.1 Å². The van der Waals surface area contributed by atoms with Crippen LogP contribution in [0.25, 0.3) is 0 Å². The standard InChI is InChI=1S/C14H19FN2O2.ClH/c15-11-4-6-12(7-5-11)19-10-2-9-17-14(18)13-3-1-8-16-13;/h4-7,13,16H,1-3,8-10H2,(H,17,18);1H. The molecule has 4 nitrogen and oxygen atoms in total. The summed E-state index contributed by atoms with van der Waals surface area (Å²) in [5.41, 5.74) is 0. The van der Waals surface area contributed by atoms with Gasteiger partial charge in [0.15, 0.2) is 0 Å². The first-order valence-electron chi connectivity index (χ1n) is 6.65. The molecular formula is C14H20ClFN2O2. The highest BCUT2D eigenvalue weighted by Gasteiger charge is 2.20. The maximum atomic E-state index is 12.7. The molecule has 0 radical (unpaired) electrons. The molecule has 2 rings (SSSR count). The number of hydrogen-bond donors (Lipinski definition) is 2. The van der Waals surface area contributed by atoms with E-state index in [0.717, 1.165) is 25.8 Å². The number of rotatable bonds is 6. The molecule has 1 aliphatic heterocycles. The lowest BCUT2D eigenvalue weighted by Gasteiger charge is -2.11. The average Bonchev–Trinajstić information content (AvgIpc) is 2.94. The summed E-state index contributed by atoms with van der Waals surface area (Å²) in [7, 11) is 0. The molecule has 1 aliphatic rings. The predicted octanol–water partition coefficient (Wildman–Crippen LogP) is 1.88. The molecule has 0 aromatic heterocycles. The number of ether oxygens (including phenoxy) is 1. The fourth-order valence-corrected chi connectivity index (χ4v) is 2.04. The zero-order valence-electron chi connectivity index (χ0n) is 11.2. The Balaban J connectivity index is 0.00000200. The van der Waals surface area contributed by atoms with Gasteiger partial charge in [-0.05, 0) is 50.1 Å². The van der Waals surface area contributed by atoms with Crippen LogP contribution in [0, 0.1) is 5.82 Å². The van der Waals surface area contributed by atoms with E-state index in [0.29, 0.717) is 18.9 Å². The van der Waals surface area contributed by atoms with Crippen molar-refractivity contribution in [3.05, 3.63) is 30.1 Å². The summed E-state index contributed by atoms with van der Waals surface area (Å²) >= 11 is 0. The van der Waals surface area contributed by atoms with Gasteiger partial charge in [-0.3, -0.25) is 4.79 Å². The van der Waals surface area contributed by atoms with E-state index in [9.17, 15) is 9.18 Å². The van der Waals surface area contributed by atoms with Gasteiger partial charge < -0.3 is 15.4 Å². The zero-order valence-corrected chi connectivity index (χ0v) is 12.0. The fourth-order valence-electron chi connectivity index (χ4n) is 2.04. The van der Waals surface area contributed by atoms with Crippen molar-refractivity contribution >= 4 is 18.3 Å². The summed E-state index contributed by atoms with van der Waals surface area (Å²) in [5, 5.41) is 6.03. The SMILES string of the molecule is Cl.O=C(NCCCOc1ccc(F)cc1)C1CCCN1. The van der Waals surface area contributed by atoms with Gasteiger partial charge in [-0.15, -0.1) is 12.4 Å². The van der Waals surface area contributed by atoms with Crippen LogP contribution in [-0.2, 0) is 4.79 Å². The first-order valence-corrected chi connectivity index (χ1v) is 6.65. The van der Waals surface area contributed by atoms with Crippen molar-refractivity contribution in [2.45, 2.75) is 25.3 Å². The van der Waals surface area contributed by atoms with Gasteiger partial charge in [-0.1, -0.05) is 0 Å². The van der Waals surface area contributed by atoms with Gasteiger partial charge in [-0.25, -0.2) is 4.39 Å². The second kappa shape index (κ2) is 8.76. The van der Waals surface area contributed by atoms with Gasteiger partial charge in [0.2, 0.25) is 5.91 Å². The number of hydrogen-bond acceptors (Lipinski definition) is 3. The second-order valence-corrected chi connectivity index (χ2v) is 4.60. The molecule has 1 heterocycles. The molecule has 1 unspecified atom stereocenters. The van der Waals surface area contributed by atoms with Gasteiger partial charge in [0, 0.05) is 6.54 Å². The van der Waals surface area contributed by atoms with E-state index in [4.69, 9.17) is 4.74 Å². The van der Waals surface area contributed by atoms with Crippen LogP contribution in [0.5, 0.6) is 5.75 Å². The van der Waals surface area contributed by atoms with Crippen LogP contribution in [0.3, 0.4) is 0 Å². The molecule has 0 aliphatic carbocycles. The van der Waals surface area contributed by atoms with E-state index in [1.165, 1.54) is 12.1 Å². The fraction of sp³-hybridized carbons (Fsp3) is 0.500. The quantitative estimate of drug-likeness (QED) is 0.789. The van der Waals surface area contributed by atoms with Crippen LogP contribution < -0.4 is 15.4 Å². The summed E-state index contributed by atoms with van der Waals surface area (Å²) < 4.78 is 18.1. The maximum Gasteiger partial charge on any atom is 0.237 e. The summed E-state index contributed by atoms with van der Waals surface area (Å²) in [6.45, 7) is 2.02. The number of halogens is 2. The largest absolute Gasteiger partial charge is 0.494 e. The Bertz CT molecular complexity index is 408. The predicted molar refractivity (Wildman–Crippen MR) is 77.8 cm³/mol. The lowest BCUT2D eigenvalue weighted by atomic mass is 10.2. The van der Waals surface area contributed by atoms with E-state index < -0.39 is 0 Å². The first kappa shape index (κ1) is 16.7. The van der Waals surface area contributed by atoms with Crippen molar-refractivity contribution in [1.29, 1.82) is 0 Å². The summed E-state index contributed by atoms with van der Waals surface area (Å²) in [6, 6.07) is 5.89. The normalized spacial score (nSPS) is 17.4. The number of carbonyl (C=O) groups is 1. The Kier molecular flexibility index (Phi) is 7.33. The Morgan fingerprint density at radius 2 is 2.15 bits per heavy atom. The minimum atomic E-state index is -0.274. The van der Waals surface area contributed by atoms with Crippen molar-refractivity contribution in [3.8, 4) is 5.75 Å². The van der Waals surface area contributed by atoms with Crippen molar-refractivity contribution in [1.82, 2.24) is 10.6 Å². The molecule has 6 heteroatoms. The zero-order chi connectivity index (χ0) is 13.5. The number of benzene rings is 1. The van der Waals surface area contributed by atoms with E-state index in [1.807, 2.05) is 0 Å². The highest BCUT2D eigenvalue weighted by atomic mass is 35.5. The molecule has 1 amide bonds. The molecule has 1 atom stereocenters. The average molecular weight is 303 g/mol. The number of carbonyl (C=O) groups excluding carboxylic acids is 1. The minimum Gasteiger partial charge on any atom is -0.494 e. The molecule has 1 aromatic rings. The van der Waals surface area contributed by atoms with Crippen LogP contribution in [0.15, 0.2) is 24.3 Å². The third-order valence-electron chi connectivity index (χ3n) is 3.08. The molecular weight excluding hydrogens is 283 g/mol. The van der Waals surface area contributed by atoms with Crippen LogP contribution in [0.1, 0.15) is 19.3 Å². The molecule has 0 spiro atoms. The van der Waals surface area contributed by atoms with Crippen molar-refractivity contribution < 1.29 is 13.9 Å². The maximum absolute atomic E-state index is 12.7. The Labute approximate surface area is 124 Å². The highest BCUT2D eigenvalue weighted by Crippen LogP contribution is 2.11. The smallest absolute Gasteiger partial charge is 0.237 e. The molecule has 1 fully saturated rings. The van der Waals surface area contributed by atoms with E-state index in [-0.39, 0.29) is 30.2 Å². The lowest BCUT2D eigenvalue weighted by Crippen LogP contribution is -2.40. The summed E-state index contributed by atoms with van der Waals surface area (Å²) in [6.07, 6.45) is 2.71. The molecule has 20 heavy (non-hydrogen) atoms. The van der Waals surface area contributed by atoms with Crippen molar-refractivity contribution in [3.63, 3.8) is 0 Å². The molecule has 0 bridgehead atoms. The van der Waals surface area contributed by atoms with Crippen molar-refractivity contribution in [2.24, 2.45) is 0 Å². The van der Waals surface area contributed by atoms with Crippen LogP contribution in [-0.4, -0.2) is 31.6 Å². The molecule has 1 aromatic carbocycles.